The second-order valence-electron chi connectivity index (χ2n) is 5.18. The number of ether oxygens (including phenoxy) is 1. The summed E-state index contributed by atoms with van der Waals surface area (Å²) in [7, 11) is 0. The fraction of sp³-hybridized carbons (Fsp3) is 0.571. The molecule has 0 N–H and O–H groups in total. The van der Waals surface area contributed by atoms with Gasteiger partial charge in [-0.3, -0.25) is 14.4 Å². The molecule has 0 unspecified atom stereocenters. The van der Waals surface area contributed by atoms with Gasteiger partial charge >= 0.3 is 5.97 Å². The molecule has 0 bridgehead atoms. The Hall–Kier alpha value is -1.60. The summed E-state index contributed by atoms with van der Waals surface area (Å²) in [6.45, 7) is 2.79. The molecule has 1 fully saturated rings. The Labute approximate surface area is 143 Å². The van der Waals surface area contributed by atoms with E-state index in [4.69, 9.17) is 27.9 Å². The zero-order valence-electron chi connectivity index (χ0n) is 12.6. The number of aromatic nitrogens is 2. The molecule has 0 atom stereocenters. The van der Waals surface area contributed by atoms with E-state index >= 15 is 0 Å². The highest BCUT2D eigenvalue weighted by Crippen LogP contribution is 2.19. The molecule has 0 saturated carbocycles. The molecule has 0 aromatic carbocycles. The van der Waals surface area contributed by atoms with Crippen molar-refractivity contribution in [2.75, 3.05) is 19.7 Å². The molecular weight excluding hydrogens is 345 g/mol. The maximum Gasteiger partial charge on any atom is 0.309 e. The molecule has 2 rings (SSSR count). The number of likely N-dealkylation sites (tertiary alicyclic amines) is 1. The number of amides is 1. The Morgan fingerprint density at radius 3 is 2.61 bits per heavy atom. The number of esters is 1. The molecule has 0 aliphatic carbocycles. The Bertz CT molecular complexity index is 654. The highest BCUT2D eigenvalue weighted by atomic mass is 35.5. The van der Waals surface area contributed by atoms with Crippen LogP contribution in [-0.4, -0.2) is 46.3 Å². The van der Waals surface area contributed by atoms with Gasteiger partial charge in [-0.15, -0.1) is 0 Å². The lowest BCUT2D eigenvalue weighted by molar-refractivity contribution is -0.151. The predicted molar refractivity (Wildman–Crippen MR) is 84.5 cm³/mol. The zero-order chi connectivity index (χ0) is 17.0. The van der Waals surface area contributed by atoms with E-state index in [1.807, 2.05) is 0 Å². The second kappa shape index (κ2) is 7.79. The molecule has 9 heteroatoms. The summed E-state index contributed by atoms with van der Waals surface area (Å²) in [6, 6.07) is 0. The third kappa shape index (κ3) is 4.23. The van der Waals surface area contributed by atoms with Crippen molar-refractivity contribution in [1.29, 1.82) is 0 Å². The van der Waals surface area contributed by atoms with Crippen molar-refractivity contribution in [2.24, 2.45) is 5.92 Å². The summed E-state index contributed by atoms with van der Waals surface area (Å²) >= 11 is 11.4. The summed E-state index contributed by atoms with van der Waals surface area (Å²) < 4.78 is 5.97. The van der Waals surface area contributed by atoms with Crippen molar-refractivity contribution in [3.8, 4) is 0 Å². The van der Waals surface area contributed by atoms with E-state index in [2.05, 4.69) is 5.10 Å². The molecule has 0 radical (unpaired) electrons. The minimum Gasteiger partial charge on any atom is -0.466 e. The molecule has 1 aliphatic rings. The number of piperidine rings is 1. The third-order valence-electron chi connectivity index (χ3n) is 3.69. The minimum absolute atomic E-state index is 0.0515. The van der Waals surface area contributed by atoms with Crippen molar-refractivity contribution in [3.05, 3.63) is 26.6 Å². The molecule has 1 amide bonds. The van der Waals surface area contributed by atoms with Gasteiger partial charge < -0.3 is 9.64 Å². The fourth-order valence-electron chi connectivity index (χ4n) is 2.41. The smallest absolute Gasteiger partial charge is 0.309 e. The number of carbonyl (C=O) groups excluding carboxylic acids is 2. The zero-order valence-corrected chi connectivity index (χ0v) is 14.1. The predicted octanol–water partition coefficient (Wildman–Crippen LogP) is 1.35. The number of rotatable bonds is 4. The monoisotopic (exact) mass is 361 g/mol. The lowest BCUT2D eigenvalue weighted by Gasteiger charge is -2.30. The summed E-state index contributed by atoms with van der Waals surface area (Å²) in [5, 5.41) is 3.70. The van der Waals surface area contributed by atoms with E-state index in [1.165, 1.54) is 6.20 Å². The van der Waals surface area contributed by atoms with Crippen LogP contribution in [0.2, 0.25) is 10.0 Å². The summed E-state index contributed by atoms with van der Waals surface area (Å²) in [5.74, 6) is -0.646. The summed E-state index contributed by atoms with van der Waals surface area (Å²) in [6.07, 6.45) is 2.33. The summed E-state index contributed by atoms with van der Waals surface area (Å²) in [4.78, 5) is 37.4. The Kier molecular flexibility index (Phi) is 6.01. The molecule has 2 heterocycles. The Morgan fingerprint density at radius 1 is 1.35 bits per heavy atom. The first-order valence-electron chi connectivity index (χ1n) is 7.29. The van der Waals surface area contributed by atoms with E-state index in [9.17, 15) is 14.4 Å². The quantitative estimate of drug-likeness (QED) is 0.756. The number of halogens is 2. The van der Waals surface area contributed by atoms with Crippen molar-refractivity contribution in [1.82, 2.24) is 14.7 Å². The van der Waals surface area contributed by atoms with E-state index < -0.39 is 5.56 Å². The van der Waals surface area contributed by atoms with Crippen LogP contribution in [0.3, 0.4) is 0 Å². The van der Waals surface area contributed by atoms with Crippen LogP contribution in [0.15, 0.2) is 11.0 Å². The van der Waals surface area contributed by atoms with E-state index in [0.717, 1.165) is 4.68 Å². The molecule has 0 spiro atoms. The Morgan fingerprint density at radius 2 is 2.00 bits per heavy atom. The van der Waals surface area contributed by atoms with Crippen LogP contribution in [-0.2, 0) is 20.9 Å². The van der Waals surface area contributed by atoms with E-state index in [0.29, 0.717) is 32.5 Å². The molecule has 1 aromatic heterocycles. The van der Waals surface area contributed by atoms with Gasteiger partial charge in [0.25, 0.3) is 5.56 Å². The molecule has 1 aliphatic heterocycles. The van der Waals surface area contributed by atoms with Crippen molar-refractivity contribution >= 4 is 35.1 Å². The number of hydrogen-bond acceptors (Lipinski definition) is 5. The average Bonchev–Trinajstić information content (AvgIpc) is 2.55. The van der Waals surface area contributed by atoms with Crippen molar-refractivity contribution in [3.63, 3.8) is 0 Å². The first-order valence-corrected chi connectivity index (χ1v) is 8.05. The fourth-order valence-corrected chi connectivity index (χ4v) is 2.68. The average molecular weight is 362 g/mol. The molecule has 126 valence electrons. The lowest BCUT2D eigenvalue weighted by atomic mass is 9.97. The SMILES string of the molecule is CCOC(=O)C1CCN(C(=O)Cn2ncc(Cl)c(Cl)c2=O)CC1. The van der Waals surface area contributed by atoms with Crippen LogP contribution in [0.25, 0.3) is 0 Å². The Balaban J connectivity index is 1.95. The molecule has 23 heavy (non-hydrogen) atoms. The topological polar surface area (TPSA) is 81.5 Å². The van der Waals surface area contributed by atoms with Crippen LogP contribution in [0.1, 0.15) is 19.8 Å². The van der Waals surface area contributed by atoms with Gasteiger partial charge in [0.15, 0.2) is 0 Å². The highest BCUT2D eigenvalue weighted by molar-refractivity contribution is 6.41. The first kappa shape index (κ1) is 17.7. The van der Waals surface area contributed by atoms with Crippen LogP contribution in [0.4, 0.5) is 0 Å². The minimum atomic E-state index is -0.603. The van der Waals surface area contributed by atoms with E-state index in [1.54, 1.807) is 11.8 Å². The van der Waals surface area contributed by atoms with Gasteiger partial charge in [0.2, 0.25) is 5.91 Å². The summed E-state index contributed by atoms with van der Waals surface area (Å²) in [5.41, 5.74) is -0.603. The van der Waals surface area contributed by atoms with Crippen LogP contribution in [0.5, 0.6) is 0 Å². The van der Waals surface area contributed by atoms with Crippen molar-refractivity contribution in [2.45, 2.75) is 26.3 Å². The van der Waals surface area contributed by atoms with Crippen LogP contribution in [0, 0.1) is 5.92 Å². The number of nitrogens with zero attached hydrogens (tertiary/aromatic N) is 3. The standard InChI is InChI=1S/C14H17Cl2N3O4/c1-2-23-14(22)9-3-5-18(6-4-9)11(20)8-19-13(21)12(16)10(15)7-17-19/h7,9H,2-6,8H2,1H3. The van der Waals surface area contributed by atoms with Gasteiger partial charge in [0.1, 0.15) is 11.6 Å². The second-order valence-corrected chi connectivity index (χ2v) is 5.96. The van der Waals surface area contributed by atoms with Crippen molar-refractivity contribution < 1.29 is 14.3 Å². The maximum absolute atomic E-state index is 12.3. The third-order valence-corrected chi connectivity index (χ3v) is 4.44. The normalized spacial score (nSPS) is 15.5. The number of carbonyl (C=O) groups is 2. The maximum atomic E-state index is 12.3. The van der Waals surface area contributed by atoms with Gasteiger partial charge in [0, 0.05) is 13.1 Å². The lowest BCUT2D eigenvalue weighted by Crippen LogP contribution is -2.43. The van der Waals surface area contributed by atoms with Crippen LogP contribution < -0.4 is 5.56 Å². The number of hydrogen-bond donors (Lipinski definition) is 0. The van der Waals surface area contributed by atoms with Gasteiger partial charge in [-0.05, 0) is 19.8 Å². The molecule has 1 saturated heterocycles. The van der Waals surface area contributed by atoms with E-state index in [-0.39, 0.29) is 34.4 Å². The molecular formula is C14H17Cl2N3O4. The largest absolute Gasteiger partial charge is 0.466 e. The molecule has 1 aromatic rings. The molecule has 7 nitrogen and oxygen atoms in total. The first-order chi connectivity index (χ1) is 10.9. The van der Waals surface area contributed by atoms with Crippen LogP contribution >= 0.6 is 23.2 Å². The van der Waals surface area contributed by atoms with Gasteiger partial charge in [-0.25, -0.2) is 4.68 Å². The highest BCUT2D eigenvalue weighted by Gasteiger charge is 2.28. The van der Waals surface area contributed by atoms with Gasteiger partial charge in [-0.1, -0.05) is 23.2 Å². The van der Waals surface area contributed by atoms with Gasteiger partial charge in [-0.2, -0.15) is 5.10 Å². The van der Waals surface area contributed by atoms with Gasteiger partial charge in [0.05, 0.1) is 23.7 Å².